The van der Waals surface area contributed by atoms with Gasteiger partial charge in [0.1, 0.15) is 5.82 Å². The van der Waals surface area contributed by atoms with Crippen LogP contribution in [0.4, 0.5) is 17.6 Å². The predicted octanol–water partition coefficient (Wildman–Crippen LogP) is 3.62. The van der Waals surface area contributed by atoms with Gasteiger partial charge < -0.3 is 0 Å². The Bertz CT molecular complexity index is 614. The van der Waals surface area contributed by atoms with Crippen LogP contribution in [0.5, 0.6) is 0 Å². The molecule has 0 amide bonds. The molecule has 0 saturated carbocycles. The van der Waals surface area contributed by atoms with Crippen molar-refractivity contribution in [1.29, 1.82) is 0 Å². The SMILES string of the molecule is NNC(c1cnc(C(F)(F)F)s1)c1ccc(F)cc1Br. The third kappa shape index (κ3) is 3.17. The molecule has 3 nitrogen and oxygen atoms in total. The van der Waals surface area contributed by atoms with Gasteiger partial charge in [-0.3, -0.25) is 5.84 Å². The van der Waals surface area contributed by atoms with Crippen molar-refractivity contribution < 1.29 is 17.6 Å². The van der Waals surface area contributed by atoms with Gasteiger partial charge >= 0.3 is 6.18 Å². The number of hydrogen-bond donors (Lipinski definition) is 2. The molecule has 0 aliphatic rings. The van der Waals surface area contributed by atoms with E-state index in [1.54, 1.807) is 0 Å². The molecule has 0 aliphatic heterocycles. The third-order valence-electron chi connectivity index (χ3n) is 2.49. The molecule has 20 heavy (non-hydrogen) atoms. The lowest BCUT2D eigenvalue weighted by atomic mass is 10.1. The fourth-order valence-electron chi connectivity index (χ4n) is 1.61. The number of hydrazine groups is 1. The van der Waals surface area contributed by atoms with Gasteiger partial charge in [0.15, 0.2) is 5.01 Å². The van der Waals surface area contributed by atoms with Crippen LogP contribution in [-0.2, 0) is 6.18 Å². The van der Waals surface area contributed by atoms with Crippen molar-refractivity contribution in [3.8, 4) is 0 Å². The summed E-state index contributed by atoms with van der Waals surface area (Å²) in [5, 5.41) is -0.953. The smallest absolute Gasteiger partial charge is 0.271 e. The number of benzene rings is 1. The molecule has 1 atom stereocenters. The van der Waals surface area contributed by atoms with Gasteiger partial charge in [-0.25, -0.2) is 14.8 Å². The minimum atomic E-state index is -4.50. The highest BCUT2D eigenvalue weighted by atomic mass is 79.9. The van der Waals surface area contributed by atoms with Gasteiger partial charge in [-0.2, -0.15) is 13.2 Å². The minimum Gasteiger partial charge on any atom is -0.271 e. The second-order valence-electron chi connectivity index (χ2n) is 3.83. The number of rotatable bonds is 3. The van der Waals surface area contributed by atoms with E-state index in [9.17, 15) is 17.6 Å². The van der Waals surface area contributed by atoms with E-state index >= 15 is 0 Å². The Labute approximate surface area is 123 Å². The average molecular weight is 370 g/mol. The summed E-state index contributed by atoms with van der Waals surface area (Å²) in [4.78, 5) is 3.62. The fourth-order valence-corrected chi connectivity index (χ4v) is 3.05. The number of nitrogens with one attached hydrogen (secondary N) is 1. The van der Waals surface area contributed by atoms with Crippen molar-refractivity contribution in [2.24, 2.45) is 5.84 Å². The molecule has 1 aromatic carbocycles. The van der Waals surface area contributed by atoms with Gasteiger partial charge in [0.2, 0.25) is 0 Å². The Hall–Kier alpha value is -1.03. The zero-order chi connectivity index (χ0) is 14.9. The lowest BCUT2D eigenvalue weighted by molar-refractivity contribution is -0.137. The van der Waals surface area contributed by atoms with Gasteiger partial charge in [0.25, 0.3) is 0 Å². The van der Waals surface area contributed by atoms with Crippen molar-refractivity contribution >= 4 is 27.3 Å². The largest absolute Gasteiger partial charge is 0.443 e. The lowest BCUT2D eigenvalue weighted by Crippen LogP contribution is -2.28. The number of thiazole rings is 1. The number of nitrogens with two attached hydrogens (primary N) is 1. The highest BCUT2D eigenvalue weighted by Gasteiger charge is 2.35. The van der Waals surface area contributed by atoms with Gasteiger partial charge in [-0.15, -0.1) is 11.3 Å². The molecule has 108 valence electrons. The second kappa shape index (κ2) is 5.76. The van der Waals surface area contributed by atoms with Crippen LogP contribution >= 0.6 is 27.3 Å². The second-order valence-corrected chi connectivity index (χ2v) is 5.75. The first-order valence-electron chi connectivity index (χ1n) is 5.27. The first-order chi connectivity index (χ1) is 9.32. The molecule has 2 aromatic rings. The summed E-state index contributed by atoms with van der Waals surface area (Å²) < 4.78 is 51.1. The van der Waals surface area contributed by atoms with Crippen molar-refractivity contribution in [2.45, 2.75) is 12.2 Å². The highest BCUT2D eigenvalue weighted by molar-refractivity contribution is 9.10. The van der Waals surface area contributed by atoms with Crippen LogP contribution in [0.2, 0.25) is 0 Å². The zero-order valence-corrected chi connectivity index (χ0v) is 12.1. The monoisotopic (exact) mass is 369 g/mol. The Morgan fingerprint density at radius 2 is 2.05 bits per heavy atom. The van der Waals surface area contributed by atoms with Crippen LogP contribution in [0.3, 0.4) is 0 Å². The summed E-state index contributed by atoms with van der Waals surface area (Å²) in [6.45, 7) is 0. The Morgan fingerprint density at radius 3 is 2.55 bits per heavy atom. The summed E-state index contributed by atoms with van der Waals surface area (Å²) >= 11 is 3.65. The van der Waals surface area contributed by atoms with E-state index < -0.39 is 23.0 Å². The molecule has 0 spiro atoms. The highest BCUT2D eigenvalue weighted by Crippen LogP contribution is 2.37. The number of halogens is 5. The Kier molecular flexibility index (Phi) is 4.43. The maximum atomic E-state index is 13.0. The number of hydrogen-bond acceptors (Lipinski definition) is 4. The fraction of sp³-hybridized carbons (Fsp3) is 0.182. The maximum Gasteiger partial charge on any atom is 0.443 e. The van der Waals surface area contributed by atoms with E-state index in [-0.39, 0.29) is 4.88 Å². The van der Waals surface area contributed by atoms with Crippen LogP contribution in [0.1, 0.15) is 21.5 Å². The molecule has 0 bridgehead atoms. The number of aromatic nitrogens is 1. The number of alkyl halides is 3. The van der Waals surface area contributed by atoms with E-state index in [0.717, 1.165) is 6.20 Å². The van der Waals surface area contributed by atoms with Crippen LogP contribution in [0.25, 0.3) is 0 Å². The summed E-state index contributed by atoms with van der Waals surface area (Å²) in [5.41, 5.74) is 2.93. The quantitative estimate of drug-likeness (QED) is 0.493. The summed E-state index contributed by atoms with van der Waals surface area (Å²) in [6.07, 6.45) is -3.39. The first kappa shape index (κ1) is 15.4. The van der Waals surface area contributed by atoms with Crippen molar-refractivity contribution in [3.05, 3.63) is 50.1 Å². The van der Waals surface area contributed by atoms with Gasteiger partial charge in [0, 0.05) is 15.5 Å². The molecule has 0 saturated heterocycles. The predicted molar refractivity (Wildman–Crippen MR) is 70.4 cm³/mol. The molecule has 3 N–H and O–H groups in total. The molecule has 0 fully saturated rings. The van der Waals surface area contributed by atoms with Gasteiger partial charge in [0.05, 0.1) is 6.04 Å². The molecule has 0 radical (unpaired) electrons. The third-order valence-corrected chi connectivity index (χ3v) is 4.28. The molecular weight excluding hydrogens is 362 g/mol. The molecule has 0 aliphatic carbocycles. The number of nitrogens with zero attached hydrogens (tertiary/aromatic N) is 1. The maximum absolute atomic E-state index is 13.0. The minimum absolute atomic E-state index is 0.284. The first-order valence-corrected chi connectivity index (χ1v) is 6.88. The Balaban J connectivity index is 2.40. The van der Waals surface area contributed by atoms with Crippen LogP contribution in [0, 0.1) is 5.82 Å². The standard InChI is InChI=1S/C11H8BrF4N3S/c12-7-3-5(13)1-2-6(7)9(19-17)8-4-18-10(20-8)11(14,15)16/h1-4,9,19H,17H2. The molecule has 1 unspecified atom stereocenters. The molecular formula is C11H8BrF4N3S. The van der Waals surface area contributed by atoms with Crippen LogP contribution in [-0.4, -0.2) is 4.98 Å². The van der Waals surface area contributed by atoms with Crippen molar-refractivity contribution in [3.63, 3.8) is 0 Å². The average Bonchev–Trinajstić information content (AvgIpc) is 2.82. The van der Waals surface area contributed by atoms with E-state index in [1.807, 2.05) is 0 Å². The van der Waals surface area contributed by atoms with Gasteiger partial charge in [-0.05, 0) is 17.7 Å². The normalized spacial score (nSPS) is 13.5. The lowest BCUT2D eigenvalue weighted by Gasteiger charge is -2.16. The summed E-state index contributed by atoms with van der Waals surface area (Å²) in [5.74, 6) is 4.93. The van der Waals surface area contributed by atoms with E-state index in [1.165, 1.54) is 18.2 Å². The van der Waals surface area contributed by atoms with Crippen LogP contribution < -0.4 is 11.3 Å². The van der Waals surface area contributed by atoms with Crippen LogP contribution in [0.15, 0.2) is 28.9 Å². The van der Waals surface area contributed by atoms with E-state index in [2.05, 4.69) is 26.3 Å². The molecule has 1 aromatic heterocycles. The van der Waals surface area contributed by atoms with Gasteiger partial charge in [-0.1, -0.05) is 22.0 Å². The Morgan fingerprint density at radius 1 is 1.35 bits per heavy atom. The van der Waals surface area contributed by atoms with Crippen molar-refractivity contribution in [2.75, 3.05) is 0 Å². The molecule has 9 heteroatoms. The summed E-state index contributed by atoms with van der Waals surface area (Å²) in [6, 6.07) is 3.15. The molecule has 1 heterocycles. The summed E-state index contributed by atoms with van der Waals surface area (Å²) in [7, 11) is 0. The molecule has 2 rings (SSSR count). The van der Waals surface area contributed by atoms with E-state index in [4.69, 9.17) is 5.84 Å². The topological polar surface area (TPSA) is 50.9 Å². The zero-order valence-electron chi connectivity index (χ0n) is 9.71. The van der Waals surface area contributed by atoms with E-state index in [0.29, 0.717) is 21.4 Å². The van der Waals surface area contributed by atoms with Crippen molar-refractivity contribution in [1.82, 2.24) is 10.4 Å².